The number of imidazole rings is 1. The Kier molecular flexibility index (Phi) is 2.70. The van der Waals surface area contributed by atoms with Crippen LogP contribution in [0.5, 0.6) is 17.2 Å². The van der Waals surface area contributed by atoms with E-state index in [1.165, 1.54) is 5.56 Å². The van der Waals surface area contributed by atoms with Gasteiger partial charge in [-0.05, 0) is 30.7 Å². The number of fused-ring (bicyclic) bond motifs is 2. The number of rotatable bonds is 3. The number of hydrogen-bond acceptors (Lipinski definition) is 4. The van der Waals surface area contributed by atoms with E-state index in [4.69, 9.17) is 14.2 Å². The molecule has 1 aliphatic rings. The molecular weight excluding hydrogens is 268 g/mol. The quantitative estimate of drug-likeness (QED) is 0.741. The molecule has 1 aromatic carbocycles. The Morgan fingerprint density at radius 2 is 2.05 bits per heavy atom. The Balaban J connectivity index is 1.52. The van der Waals surface area contributed by atoms with Crippen molar-refractivity contribution in [3.8, 4) is 17.2 Å². The zero-order valence-electron chi connectivity index (χ0n) is 11.6. The third kappa shape index (κ3) is 2.27. The van der Waals surface area contributed by atoms with Crippen molar-refractivity contribution in [3.63, 3.8) is 0 Å². The first-order chi connectivity index (χ1) is 10.3. The van der Waals surface area contributed by atoms with Gasteiger partial charge in [0, 0.05) is 18.5 Å². The number of aromatic nitrogens is 2. The predicted octanol–water partition coefficient (Wildman–Crippen LogP) is 2.95. The average molecular weight is 282 g/mol. The van der Waals surface area contributed by atoms with Crippen molar-refractivity contribution < 1.29 is 14.2 Å². The highest BCUT2D eigenvalue weighted by Crippen LogP contribution is 2.35. The maximum Gasteiger partial charge on any atom is 0.231 e. The Bertz CT molecular complexity index is 810. The van der Waals surface area contributed by atoms with Crippen LogP contribution in [0.3, 0.4) is 0 Å². The Morgan fingerprint density at radius 1 is 1.14 bits per heavy atom. The van der Waals surface area contributed by atoms with Gasteiger partial charge < -0.3 is 18.6 Å². The first-order valence-electron chi connectivity index (χ1n) is 6.75. The zero-order valence-corrected chi connectivity index (χ0v) is 11.6. The normalized spacial score (nSPS) is 12.8. The molecule has 0 radical (unpaired) electrons. The predicted molar refractivity (Wildman–Crippen MR) is 76.8 cm³/mol. The lowest BCUT2D eigenvalue weighted by atomic mass is 10.3. The molecule has 0 saturated carbocycles. The average Bonchev–Trinajstić information content (AvgIpc) is 3.09. The lowest BCUT2D eigenvalue weighted by molar-refractivity contribution is 0.173. The highest BCUT2D eigenvalue weighted by molar-refractivity contribution is 5.47. The topological polar surface area (TPSA) is 45.0 Å². The zero-order chi connectivity index (χ0) is 14.2. The Labute approximate surface area is 121 Å². The summed E-state index contributed by atoms with van der Waals surface area (Å²) in [5.41, 5.74) is 3.01. The Morgan fingerprint density at radius 3 is 3.00 bits per heavy atom. The summed E-state index contributed by atoms with van der Waals surface area (Å²) in [5.74, 6) is 2.22. The van der Waals surface area contributed by atoms with Crippen molar-refractivity contribution in [1.29, 1.82) is 0 Å². The van der Waals surface area contributed by atoms with E-state index in [1.54, 1.807) is 0 Å². The first-order valence-corrected chi connectivity index (χ1v) is 6.75. The van der Waals surface area contributed by atoms with E-state index in [0.29, 0.717) is 6.61 Å². The fraction of sp³-hybridized carbons (Fsp3) is 0.188. The van der Waals surface area contributed by atoms with E-state index in [-0.39, 0.29) is 6.79 Å². The molecule has 0 fully saturated rings. The van der Waals surface area contributed by atoms with Crippen molar-refractivity contribution in [2.45, 2.75) is 13.5 Å². The molecule has 0 bridgehead atoms. The molecule has 0 N–H and O–H groups in total. The molecule has 106 valence electrons. The van der Waals surface area contributed by atoms with E-state index in [9.17, 15) is 0 Å². The lowest BCUT2D eigenvalue weighted by Crippen LogP contribution is -1.95. The van der Waals surface area contributed by atoms with Crippen LogP contribution in [0.2, 0.25) is 0 Å². The molecular formula is C16H14N2O3. The second-order valence-electron chi connectivity index (χ2n) is 5.01. The molecule has 0 atom stereocenters. The monoisotopic (exact) mass is 282 g/mol. The largest absolute Gasteiger partial charge is 0.487 e. The molecule has 4 rings (SSSR count). The van der Waals surface area contributed by atoms with Gasteiger partial charge in [-0.2, -0.15) is 0 Å². The molecule has 2 aromatic heterocycles. The van der Waals surface area contributed by atoms with Crippen LogP contribution in [-0.2, 0) is 6.61 Å². The third-order valence-corrected chi connectivity index (χ3v) is 3.38. The maximum atomic E-state index is 5.77. The summed E-state index contributed by atoms with van der Waals surface area (Å²) < 4.78 is 18.4. The van der Waals surface area contributed by atoms with Crippen LogP contribution in [0.4, 0.5) is 0 Å². The number of ether oxygens (including phenoxy) is 3. The molecule has 5 nitrogen and oxygen atoms in total. The fourth-order valence-corrected chi connectivity index (χ4v) is 2.35. The minimum atomic E-state index is 0.268. The summed E-state index contributed by atoms with van der Waals surface area (Å²) in [6.07, 6.45) is 4.03. The third-order valence-electron chi connectivity index (χ3n) is 3.38. The van der Waals surface area contributed by atoms with E-state index >= 15 is 0 Å². The Hall–Kier alpha value is -2.69. The molecule has 0 spiro atoms. The highest BCUT2D eigenvalue weighted by atomic mass is 16.7. The lowest BCUT2D eigenvalue weighted by Gasteiger charge is -2.04. The van der Waals surface area contributed by atoms with Crippen molar-refractivity contribution in [2.24, 2.45) is 0 Å². The van der Waals surface area contributed by atoms with Gasteiger partial charge in [0.05, 0.1) is 5.69 Å². The summed E-state index contributed by atoms with van der Waals surface area (Å²) in [6, 6.07) is 9.60. The molecule has 0 unspecified atom stereocenters. The van der Waals surface area contributed by atoms with E-state index in [0.717, 1.165) is 28.6 Å². The van der Waals surface area contributed by atoms with Gasteiger partial charge in [0.2, 0.25) is 6.79 Å². The van der Waals surface area contributed by atoms with Crippen molar-refractivity contribution in [1.82, 2.24) is 9.38 Å². The van der Waals surface area contributed by atoms with Crippen LogP contribution < -0.4 is 14.2 Å². The summed E-state index contributed by atoms with van der Waals surface area (Å²) in [7, 11) is 0. The molecule has 3 aromatic rings. The number of hydrogen-bond donors (Lipinski definition) is 0. The van der Waals surface area contributed by atoms with Gasteiger partial charge in [0.25, 0.3) is 0 Å². The molecule has 1 aliphatic heterocycles. The van der Waals surface area contributed by atoms with E-state index in [1.807, 2.05) is 47.1 Å². The van der Waals surface area contributed by atoms with Gasteiger partial charge in [0.15, 0.2) is 11.5 Å². The summed E-state index contributed by atoms with van der Waals surface area (Å²) in [6.45, 7) is 2.74. The molecule has 0 amide bonds. The van der Waals surface area contributed by atoms with Gasteiger partial charge in [-0.1, -0.05) is 6.07 Å². The van der Waals surface area contributed by atoms with Crippen molar-refractivity contribution in [3.05, 3.63) is 54.0 Å². The van der Waals surface area contributed by atoms with E-state index < -0.39 is 0 Å². The molecule has 21 heavy (non-hydrogen) atoms. The smallest absolute Gasteiger partial charge is 0.231 e. The molecule has 0 aliphatic carbocycles. The van der Waals surface area contributed by atoms with Gasteiger partial charge in [0.1, 0.15) is 18.0 Å². The standard InChI is InChI=1S/C16H14N2O3/c1-11-2-5-16-17-12(8-18(16)7-11)9-19-13-3-4-14-15(6-13)21-10-20-14/h2-8H,9-10H2,1H3. The van der Waals surface area contributed by atoms with Gasteiger partial charge in [-0.25, -0.2) is 4.98 Å². The van der Waals surface area contributed by atoms with Crippen LogP contribution in [0, 0.1) is 6.92 Å². The summed E-state index contributed by atoms with van der Waals surface area (Å²) >= 11 is 0. The molecule has 5 heteroatoms. The van der Waals surface area contributed by atoms with Crippen molar-refractivity contribution in [2.75, 3.05) is 6.79 Å². The molecule has 3 heterocycles. The maximum absolute atomic E-state index is 5.77. The highest BCUT2D eigenvalue weighted by Gasteiger charge is 2.13. The van der Waals surface area contributed by atoms with Crippen LogP contribution in [-0.4, -0.2) is 16.2 Å². The number of pyridine rings is 1. The number of aryl methyl sites for hydroxylation is 1. The van der Waals surface area contributed by atoms with Crippen molar-refractivity contribution >= 4 is 5.65 Å². The number of benzene rings is 1. The molecule has 0 saturated heterocycles. The summed E-state index contributed by atoms with van der Waals surface area (Å²) in [4.78, 5) is 4.52. The second-order valence-corrected chi connectivity index (χ2v) is 5.01. The second kappa shape index (κ2) is 4.70. The SMILES string of the molecule is Cc1ccc2nc(COc3ccc4c(c3)OCO4)cn2c1. The fourth-order valence-electron chi connectivity index (χ4n) is 2.35. The van der Waals surface area contributed by atoms with Crippen LogP contribution >= 0.6 is 0 Å². The van der Waals surface area contributed by atoms with Gasteiger partial charge in [-0.15, -0.1) is 0 Å². The minimum Gasteiger partial charge on any atom is -0.487 e. The summed E-state index contributed by atoms with van der Waals surface area (Å²) in [5, 5.41) is 0. The first kappa shape index (κ1) is 12.1. The van der Waals surface area contributed by atoms with Crippen LogP contribution in [0.15, 0.2) is 42.7 Å². The van der Waals surface area contributed by atoms with Gasteiger partial charge in [-0.3, -0.25) is 0 Å². The van der Waals surface area contributed by atoms with Crippen LogP contribution in [0.25, 0.3) is 5.65 Å². The van der Waals surface area contributed by atoms with Crippen LogP contribution in [0.1, 0.15) is 11.3 Å². The van der Waals surface area contributed by atoms with E-state index in [2.05, 4.69) is 11.9 Å². The van der Waals surface area contributed by atoms with Gasteiger partial charge >= 0.3 is 0 Å². The minimum absolute atomic E-state index is 0.268. The number of nitrogens with zero attached hydrogens (tertiary/aromatic N) is 2.